The molecule has 0 aliphatic heterocycles. The van der Waals surface area contributed by atoms with Gasteiger partial charge in [-0.15, -0.1) is 0 Å². The van der Waals surface area contributed by atoms with E-state index >= 15 is 0 Å². The van der Waals surface area contributed by atoms with E-state index in [0.29, 0.717) is 5.76 Å². The molecule has 3 aromatic rings. The average Bonchev–Trinajstić information content (AvgIpc) is 2.95. The highest BCUT2D eigenvalue weighted by atomic mass is 16.5. The predicted molar refractivity (Wildman–Crippen MR) is 71.1 cm³/mol. The maximum Gasteiger partial charge on any atom is 0.287 e. The first-order valence-electron chi connectivity index (χ1n) is 5.75. The summed E-state index contributed by atoms with van der Waals surface area (Å²) in [5.41, 5.74) is 3.04. The molecule has 0 saturated heterocycles. The van der Waals surface area contributed by atoms with Crippen molar-refractivity contribution in [1.29, 1.82) is 0 Å². The average molecular weight is 253 g/mol. The molecule has 0 fully saturated rings. The van der Waals surface area contributed by atoms with Gasteiger partial charge in [-0.3, -0.25) is 10.2 Å². The second-order valence-corrected chi connectivity index (χ2v) is 4.11. The van der Waals surface area contributed by atoms with Crippen LogP contribution in [0.25, 0.3) is 22.1 Å². The van der Waals surface area contributed by atoms with Gasteiger partial charge in [0.1, 0.15) is 0 Å². The summed E-state index contributed by atoms with van der Waals surface area (Å²) in [6, 6.07) is 15.5. The van der Waals surface area contributed by atoms with E-state index in [1.807, 2.05) is 47.9 Å². The van der Waals surface area contributed by atoms with Crippen molar-refractivity contribution in [1.82, 2.24) is 10.6 Å². The highest BCUT2D eigenvalue weighted by Gasteiger charge is 2.12. The lowest BCUT2D eigenvalue weighted by Crippen LogP contribution is -2.30. The van der Waals surface area contributed by atoms with Gasteiger partial charge in [0.05, 0.1) is 0 Å². The summed E-state index contributed by atoms with van der Waals surface area (Å²) in [5, 5.41) is 5.92. The smallest absolute Gasteiger partial charge is 0.287 e. The molecule has 0 atom stereocenters. The molecule has 0 aliphatic rings. The Morgan fingerprint density at radius 2 is 1.89 bits per heavy atom. The lowest BCUT2D eigenvalue weighted by atomic mass is 10.1. The van der Waals surface area contributed by atoms with Gasteiger partial charge in [0, 0.05) is 11.6 Å². The van der Waals surface area contributed by atoms with E-state index in [2.05, 4.69) is 5.16 Å². The number of carbonyl (C=O) groups excluding carboxylic acids is 1. The molecule has 94 valence electrons. The number of amides is 1. The van der Waals surface area contributed by atoms with Crippen LogP contribution in [0, 0.1) is 0 Å². The van der Waals surface area contributed by atoms with Gasteiger partial charge in [0.15, 0.2) is 11.5 Å². The van der Waals surface area contributed by atoms with Crippen LogP contribution < -0.4 is 11.3 Å². The van der Waals surface area contributed by atoms with Gasteiger partial charge in [-0.05, 0) is 16.8 Å². The molecule has 0 radical (unpaired) electrons. The van der Waals surface area contributed by atoms with Crippen molar-refractivity contribution in [2.24, 2.45) is 5.84 Å². The fraction of sp³-hybridized carbons (Fsp3) is 0. The number of carbonyl (C=O) groups is 1. The quantitative estimate of drug-likeness (QED) is 0.416. The van der Waals surface area contributed by atoms with Crippen LogP contribution in [0.2, 0.25) is 0 Å². The van der Waals surface area contributed by atoms with Crippen LogP contribution in [0.4, 0.5) is 0 Å². The number of aromatic nitrogens is 1. The molecule has 0 unspecified atom stereocenters. The number of nitrogens with zero attached hydrogens (tertiary/aromatic N) is 1. The number of nitrogens with two attached hydrogens (primary N) is 1. The number of benzene rings is 2. The third-order valence-electron chi connectivity index (χ3n) is 2.91. The van der Waals surface area contributed by atoms with Crippen LogP contribution in [-0.2, 0) is 0 Å². The van der Waals surface area contributed by atoms with Gasteiger partial charge in [0.25, 0.3) is 5.91 Å². The van der Waals surface area contributed by atoms with Crippen molar-refractivity contribution < 1.29 is 9.32 Å². The van der Waals surface area contributed by atoms with Crippen LogP contribution in [0.3, 0.4) is 0 Å². The van der Waals surface area contributed by atoms with Gasteiger partial charge in [-0.1, -0.05) is 41.6 Å². The number of rotatable bonds is 2. The van der Waals surface area contributed by atoms with E-state index in [1.165, 1.54) is 0 Å². The zero-order chi connectivity index (χ0) is 13.2. The second kappa shape index (κ2) is 4.55. The molecule has 5 heteroatoms. The Hall–Kier alpha value is -2.66. The zero-order valence-corrected chi connectivity index (χ0v) is 9.96. The number of hydrogen-bond acceptors (Lipinski definition) is 4. The standard InChI is InChI=1S/C14H11N3O2/c15-16-14(18)12-8-13(19-17-12)11-6-5-9-3-1-2-4-10(9)7-11/h1-8H,15H2,(H,16,18). The summed E-state index contributed by atoms with van der Waals surface area (Å²) in [7, 11) is 0. The summed E-state index contributed by atoms with van der Waals surface area (Å²) in [6.45, 7) is 0. The molecular formula is C14H11N3O2. The van der Waals surface area contributed by atoms with E-state index < -0.39 is 5.91 Å². The molecule has 0 saturated carbocycles. The van der Waals surface area contributed by atoms with Crippen molar-refractivity contribution in [3.63, 3.8) is 0 Å². The van der Waals surface area contributed by atoms with Gasteiger partial charge in [-0.25, -0.2) is 5.84 Å². The largest absolute Gasteiger partial charge is 0.355 e. The molecule has 1 heterocycles. The molecule has 3 rings (SSSR count). The minimum absolute atomic E-state index is 0.158. The highest BCUT2D eigenvalue weighted by Crippen LogP contribution is 2.24. The van der Waals surface area contributed by atoms with Gasteiger partial charge in [-0.2, -0.15) is 0 Å². The van der Waals surface area contributed by atoms with Crippen LogP contribution in [0.1, 0.15) is 10.5 Å². The molecule has 0 spiro atoms. The minimum Gasteiger partial charge on any atom is -0.355 e. The van der Waals surface area contributed by atoms with E-state index in [0.717, 1.165) is 16.3 Å². The molecular weight excluding hydrogens is 242 g/mol. The van der Waals surface area contributed by atoms with Crippen molar-refractivity contribution in [3.05, 3.63) is 54.2 Å². The van der Waals surface area contributed by atoms with E-state index in [9.17, 15) is 4.79 Å². The lowest BCUT2D eigenvalue weighted by Gasteiger charge is -1.99. The molecule has 1 aromatic heterocycles. The summed E-state index contributed by atoms with van der Waals surface area (Å²) in [6.07, 6.45) is 0. The van der Waals surface area contributed by atoms with Crippen LogP contribution in [0.5, 0.6) is 0 Å². The molecule has 1 amide bonds. The third kappa shape index (κ3) is 2.07. The molecule has 3 N–H and O–H groups in total. The van der Waals surface area contributed by atoms with Crippen molar-refractivity contribution in [3.8, 4) is 11.3 Å². The first-order chi connectivity index (χ1) is 9.28. The van der Waals surface area contributed by atoms with E-state index in [-0.39, 0.29) is 5.69 Å². The number of nitrogen functional groups attached to an aromatic ring is 1. The minimum atomic E-state index is -0.476. The normalized spacial score (nSPS) is 10.6. The fourth-order valence-corrected chi connectivity index (χ4v) is 1.93. The second-order valence-electron chi connectivity index (χ2n) is 4.11. The molecule has 2 aromatic carbocycles. The van der Waals surface area contributed by atoms with Crippen LogP contribution >= 0.6 is 0 Å². The Kier molecular flexibility index (Phi) is 2.74. The summed E-state index contributed by atoms with van der Waals surface area (Å²) in [4.78, 5) is 11.3. The molecule has 5 nitrogen and oxygen atoms in total. The Bertz CT molecular complexity index is 749. The fourth-order valence-electron chi connectivity index (χ4n) is 1.93. The number of nitrogens with one attached hydrogen (secondary N) is 1. The number of fused-ring (bicyclic) bond motifs is 1. The lowest BCUT2D eigenvalue weighted by molar-refractivity contribution is 0.0944. The van der Waals surface area contributed by atoms with Gasteiger partial charge in [0.2, 0.25) is 0 Å². The Morgan fingerprint density at radius 3 is 2.68 bits per heavy atom. The topological polar surface area (TPSA) is 81.1 Å². The maximum absolute atomic E-state index is 11.3. The molecule has 19 heavy (non-hydrogen) atoms. The summed E-state index contributed by atoms with van der Waals surface area (Å²) >= 11 is 0. The first-order valence-corrected chi connectivity index (χ1v) is 5.75. The Morgan fingerprint density at radius 1 is 1.11 bits per heavy atom. The Labute approximate surface area is 109 Å². The third-order valence-corrected chi connectivity index (χ3v) is 2.91. The van der Waals surface area contributed by atoms with Crippen LogP contribution in [0.15, 0.2) is 53.1 Å². The number of hydrogen-bond donors (Lipinski definition) is 2. The van der Waals surface area contributed by atoms with Crippen LogP contribution in [-0.4, -0.2) is 11.1 Å². The SMILES string of the molecule is NNC(=O)c1cc(-c2ccc3ccccc3c2)on1. The zero-order valence-electron chi connectivity index (χ0n) is 9.96. The van der Waals surface area contributed by atoms with Crippen molar-refractivity contribution in [2.75, 3.05) is 0 Å². The van der Waals surface area contributed by atoms with Crippen molar-refractivity contribution in [2.45, 2.75) is 0 Å². The first kappa shape index (κ1) is 11.4. The van der Waals surface area contributed by atoms with Crippen molar-refractivity contribution >= 4 is 16.7 Å². The van der Waals surface area contributed by atoms with E-state index in [1.54, 1.807) is 6.07 Å². The predicted octanol–water partition coefficient (Wildman–Crippen LogP) is 2.10. The summed E-state index contributed by atoms with van der Waals surface area (Å²) in [5.74, 6) is 5.10. The molecule has 0 aliphatic carbocycles. The number of hydrazine groups is 1. The van der Waals surface area contributed by atoms with Gasteiger partial charge < -0.3 is 4.52 Å². The highest BCUT2D eigenvalue weighted by molar-refractivity contribution is 5.93. The van der Waals surface area contributed by atoms with Gasteiger partial charge >= 0.3 is 0 Å². The maximum atomic E-state index is 11.3. The Balaban J connectivity index is 2.04. The van der Waals surface area contributed by atoms with E-state index in [4.69, 9.17) is 10.4 Å². The molecule has 0 bridgehead atoms. The summed E-state index contributed by atoms with van der Waals surface area (Å²) < 4.78 is 5.16. The monoisotopic (exact) mass is 253 g/mol.